The van der Waals surface area contributed by atoms with Crippen molar-refractivity contribution in [3.63, 3.8) is 0 Å². The van der Waals surface area contributed by atoms with Crippen LogP contribution in [0.15, 0.2) is 42.0 Å². The zero-order valence-electron chi connectivity index (χ0n) is 8.88. The van der Waals surface area contributed by atoms with Crippen LogP contribution in [0.4, 0.5) is 0 Å². The topological polar surface area (TPSA) is 0 Å². The highest BCUT2D eigenvalue weighted by Crippen LogP contribution is 2.27. The molecule has 0 fully saturated rings. The molecule has 0 N–H and O–H groups in total. The van der Waals surface area contributed by atoms with Gasteiger partial charge in [-0.15, -0.1) is 0 Å². The van der Waals surface area contributed by atoms with Crippen LogP contribution in [0.5, 0.6) is 0 Å². The van der Waals surface area contributed by atoms with Gasteiger partial charge in [0.25, 0.3) is 0 Å². The van der Waals surface area contributed by atoms with Crippen molar-refractivity contribution >= 4 is 5.57 Å². The average Bonchev–Trinajstić information content (AvgIpc) is 2.20. The summed E-state index contributed by atoms with van der Waals surface area (Å²) >= 11 is 0. The fourth-order valence-electron chi connectivity index (χ4n) is 1.88. The minimum Gasteiger partial charge on any atom is -0.0807 e. The van der Waals surface area contributed by atoms with E-state index in [1.807, 2.05) is 0 Å². The van der Waals surface area contributed by atoms with Crippen molar-refractivity contribution in [1.29, 1.82) is 0 Å². The molecule has 1 aliphatic rings. The molecule has 0 aliphatic heterocycles. The quantitative estimate of drug-likeness (QED) is 0.616. The summed E-state index contributed by atoms with van der Waals surface area (Å²) < 4.78 is 0. The first kappa shape index (κ1) is 9.26. The molecular formula is C14H16. The monoisotopic (exact) mass is 184 g/mol. The predicted molar refractivity (Wildman–Crippen MR) is 62.1 cm³/mol. The van der Waals surface area contributed by atoms with Gasteiger partial charge in [-0.2, -0.15) is 0 Å². The minimum absolute atomic E-state index is 1.18. The second kappa shape index (κ2) is 3.83. The van der Waals surface area contributed by atoms with E-state index in [-0.39, 0.29) is 0 Å². The molecule has 0 unspecified atom stereocenters. The number of hydrogen-bond donors (Lipinski definition) is 0. The molecular weight excluding hydrogens is 168 g/mol. The maximum absolute atomic E-state index is 2.35. The summed E-state index contributed by atoms with van der Waals surface area (Å²) in [6.07, 6.45) is 7.05. The smallest absolute Gasteiger partial charge is 0.0185 e. The van der Waals surface area contributed by atoms with E-state index >= 15 is 0 Å². The fourth-order valence-corrected chi connectivity index (χ4v) is 1.88. The lowest BCUT2D eigenvalue weighted by Crippen LogP contribution is -1.91. The summed E-state index contributed by atoms with van der Waals surface area (Å²) in [6, 6.07) is 8.78. The number of hydrogen-bond acceptors (Lipinski definition) is 0. The highest BCUT2D eigenvalue weighted by atomic mass is 14.1. The SMILES string of the molecule is CC1=CCCC=C1c1ccc(C)cc1. The molecule has 0 saturated heterocycles. The molecule has 0 bridgehead atoms. The van der Waals surface area contributed by atoms with E-state index < -0.39 is 0 Å². The molecule has 1 aromatic rings. The molecule has 0 radical (unpaired) electrons. The van der Waals surface area contributed by atoms with Crippen molar-refractivity contribution in [1.82, 2.24) is 0 Å². The standard InChI is InChI=1S/C14H16/c1-11-7-9-13(10-8-11)14-6-4-3-5-12(14)2/h5-10H,3-4H2,1-2H3. The molecule has 2 rings (SSSR count). The number of benzene rings is 1. The maximum Gasteiger partial charge on any atom is -0.0185 e. The van der Waals surface area contributed by atoms with E-state index in [4.69, 9.17) is 0 Å². The van der Waals surface area contributed by atoms with Crippen molar-refractivity contribution in [2.75, 3.05) is 0 Å². The lowest BCUT2D eigenvalue weighted by atomic mass is 9.93. The number of allylic oxidation sites excluding steroid dienone is 4. The second-order valence-electron chi connectivity index (χ2n) is 3.95. The zero-order valence-corrected chi connectivity index (χ0v) is 8.88. The molecule has 0 amide bonds. The van der Waals surface area contributed by atoms with Crippen molar-refractivity contribution in [2.24, 2.45) is 0 Å². The third-order valence-corrected chi connectivity index (χ3v) is 2.75. The van der Waals surface area contributed by atoms with E-state index in [0.717, 1.165) is 0 Å². The van der Waals surface area contributed by atoms with Crippen LogP contribution in [0.1, 0.15) is 30.9 Å². The summed E-state index contributed by atoms with van der Waals surface area (Å²) in [5, 5.41) is 0. The first-order valence-electron chi connectivity index (χ1n) is 5.22. The third-order valence-electron chi connectivity index (χ3n) is 2.75. The van der Waals surface area contributed by atoms with Crippen LogP contribution < -0.4 is 0 Å². The Morgan fingerprint density at radius 1 is 0.857 bits per heavy atom. The van der Waals surface area contributed by atoms with Gasteiger partial charge in [0.05, 0.1) is 0 Å². The molecule has 0 heteroatoms. The summed E-state index contributed by atoms with van der Waals surface area (Å²) in [4.78, 5) is 0. The van der Waals surface area contributed by atoms with E-state index in [9.17, 15) is 0 Å². The molecule has 1 aliphatic carbocycles. The van der Waals surface area contributed by atoms with Crippen LogP contribution in [0.2, 0.25) is 0 Å². The van der Waals surface area contributed by atoms with Crippen molar-refractivity contribution in [2.45, 2.75) is 26.7 Å². The van der Waals surface area contributed by atoms with Gasteiger partial charge >= 0.3 is 0 Å². The molecule has 0 spiro atoms. The van der Waals surface area contributed by atoms with Crippen LogP contribution in [-0.4, -0.2) is 0 Å². The molecule has 0 aromatic heterocycles. The molecule has 1 aromatic carbocycles. The van der Waals surface area contributed by atoms with E-state index in [0.29, 0.717) is 0 Å². The van der Waals surface area contributed by atoms with Gasteiger partial charge in [0, 0.05) is 0 Å². The van der Waals surface area contributed by atoms with Gasteiger partial charge in [0.1, 0.15) is 0 Å². The lowest BCUT2D eigenvalue weighted by Gasteiger charge is -2.13. The average molecular weight is 184 g/mol. The summed E-state index contributed by atoms with van der Waals surface area (Å²) in [6.45, 7) is 4.33. The highest BCUT2D eigenvalue weighted by molar-refractivity contribution is 5.79. The Morgan fingerprint density at radius 3 is 2.14 bits per heavy atom. The van der Waals surface area contributed by atoms with Gasteiger partial charge in [0.15, 0.2) is 0 Å². The van der Waals surface area contributed by atoms with Gasteiger partial charge in [-0.05, 0) is 43.4 Å². The Hall–Kier alpha value is -1.30. The molecule has 0 atom stereocenters. The van der Waals surface area contributed by atoms with Gasteiger partial charge < -0.3 is 0 Å². The van der Waals surface area contributed by atoms with Crippen molar-refractivity contribution in [3.05, 3.63) is 53.1 Å². The second-order valence-corrected chi connectivity index (χ2v) is 3.95. The van der Waals surface area contributed by atoms with E-state index in [2.05, 4.69) is 50.3 Å². The van der Waals surface area contributed by atoms with Gasteiger partial charge in [-0.1, -0.05) is 42.0 Å². The highest BCUT2D eigenvalue weighted by Gasteiger charge is 2.06. The van der Waals surface area contributed by atoms with E-state index in [1.54, 1.807) is 0 Å². The summed E-state index contributed by atoms with van der Waals surface area (Å²) in [7, 11) is 0. The Morgan fingerprint density at radius 2 is 1.50 bits per heavy atom. The number of aryl methyl sites for hydroxylation is 1. The Balaban J connectivity index is 2.35. The first-order valence-corrected chi connectivity index (χ1v) is 5.22. The summed E-state index contributed by atoms with van der Waals surface area (Å²) in [5.74, 6) is 0. The Kier molecular flexibility index (Phi) is 2.53. The third kappa shape index (κ3) is 1.79. The molecule has 0 nitrogen and oxygen atoms in total. The molecule has 0 saturated carbocycles. The largest absolute Gasteiger partial charge is 0.0807 e. The molecule has 0 heterocycles. The van der Waals surface area contributed by atoms with Gasteiger partial charge in [-0.25, -0.2) is 0 Å². The van der Waals surface area contributed by atoms with Crippen LogP contribution >= 0.6 is 0 Å². The minimum atomic E-state index is 1.18. The zero-order chi connectivity index (χ0) is 9.97. The van der Waals surface area contributed by atoms with Crippen molar-refractivity contribution in [3.8, 4) is 0 Å². The van der Waals surface area contributed by atoms with Crippen LogP contribution in [0.3, 0.4) is 0 Å². The van der Waals surface area contributed by atoms with E-state index in [1.165, 1.54) is 35.1 Å². The van der Waals surface area contributed by atoms with Crippen LogP contribution in [-0.2, 0) is 0 Å². The Bertz CT molecular complexity index is 377. The predicted octanol–water partition coefficient (Wildman–Crippen LogP) is 4.12. The fraction of sp³-hybridized carbons (Fsp3) is 0.286. The normalized spacial score (nSPS) is 16.1. The van der Waals surface area contributed by atoms with Crippen molar-refractivity contribution < 1.29 is 0 Å². The van der Waals surface area contributed by atoms with Gasteiger partial charge in [-0.3, -0.25) is 0 Å². The lowest BCUT2D eigenvalue weighted by molar-refractivity contribution is 1.02. The Labute approximate surface area is 86.0 Å². The van der Waals surface area contributed by atoms with Crippen LogP contribution in [0, 0.1) is 6.92 Å². The number of rotatable bonds is 1. The molecule has 72 valence electrons. The summed E-state index contributed by atoms with van der Waals surface area (Å²) in [5.41, 5.74) is 5.51. The maximum atomic E-state index is 2.35. The molecule has 14 heavy (non-hydrogen) atoms. The van der Waals surface area contributed by atoms with Gasteiger partial charge in [0.2, 0.25) is 0 Å². The van der Waals surface area contributed by atoms with Crippen LogP contribution in [0.25, 0.3) is 5.57 Å². The first-order chi connectivity index (χ1) is 6.77.